The molecule has 1 aromatic carbocycles. The molecule has 0 heterocycles. The quantitative estimate of drug-likeness (QED) is 0.892. The van der Waals surface area contributed by atoms with E-state index in [9.17, 15) is 9.59 Å². The number of carboxylic acid groups (broad SMARTS) is 1. The third-order valence-corrected chi connectivity index (χ3v) is 2.90. The number of rotatable bonds is 3. The number of halogens is 2. The molecule has 5 nitrogen and oxygen atoms in total. The minimum absolute atomic E-state index is 0.383. The van der Waals surface area contributed by atoms with Gasteiger partial charge >= 0.3 is 12.0 Å². The number of carboxylic acids is 1. The van der Waals surface area contributed by atoms with Gasteiger partial charge in [0.2, 0.25) is 0 Å². The Balaban J connectivity index is 2.93. The summed E-state index contributed by atoms with van der Waals surface area (Å²) in [5, 5.41) is 12.2. The van der Waals surface area contributed by atoms with E-state index in [1.165, 1.54) is 23.1 Å². The first-order valence-electron chi connectivity index (χ1n) is 5.86. The zero-order valence-electron chi connectivity index (χ0n) is 11.4. The number of benzene rings is 1. The molecule has 2 N–H and O–H groups in total. The Morgan fingerprint density at radius 2 is 1.70 bits per heavy atom. The summed E-state index contributed by atoms with van der Waals surface area (Å²) in [4.78, 5) is 24.3. The molecular weight excluding hydrogens is 303 g/mol. The van der Waals surface area contributed by atoms with Crippen LogP contribution < -0.4 is 5.32 Å². The van der Waals surface area contributed by atoms with Gasteiger partial charge in [-0.15, -0.1) is 0 Å². The standard InChI is InChI=1S/C13H16Cl2N2O3/c1-13(2,3)17(7-11(18)19)12(20)16-10-5-8(14)4-9(15)6-10/h4-6H,7H2,1-3H3,(H,16,20)(H,18,19). The van der Waals surface area contributed by atoms with Crippen LogP contribution in [0.15, 0.2) is 18.2 Å². The van der Waals surface area contributed by atoms with Gasteiger partial charge < -0.3 is 15.3 Å². The van der Waals surface area contributed by atoms with E-state index in [2.05, 4.69) is 5.32 Å². The Morgan fingerprint density at radius 1 is 1.20 bits per heavy atom. The van der Waals surface area contributed by atoms with E-state index in [-0.39, 0.29) is 0 Å². The third kappa shape index (κ3) is 4.90. The fourth-order valence-electron chi connectivity index (χ4n) is 1.57. The maximum absolute atomic E-state index is 12.2. The van der Waals surface area contributed by atoms with Crippen molar-refractivity contribution in [1.29, 1.82) is 0 Å². The van der Waals surface area contributed by atoms with Gasteiger partial charge in [-0.2, -0.15) is 0 Å². The van der Waals surface area contributed by atoms with Crippen LogP contribution in [0.3, 0.4) is 0 Å². The van der Waals surface area contributed by atoms with Crippen LogP contribution >= 0.6 is 23.2 Å². The van der Waals surface area contributed by atoms with Crippen LogP contribution in [0, 0.1) is 0 Å². The monoisotopic (exact) mass is 318 g/mol. The number of nitrogens with zero attached hydrogens (tertiary/aromatic N) is 1. The van der Waals surface area contributed by atoms with Crippen molar-refractivity contribution in [2.75, 3.05) is 11.9 Å². The Morgan fingerprint density at radius 3 is 2.10 bits per heavy atom. The maximum atomic E-state index is 12.2. The molecule has 2 amide bonds. The number of carbonyl (C=O) groups excluding carboxylic acids is 1. The molecule has 0 atom stereocenters. The smallest absolute Gasteiger partial charge is 0.323 e. The lowest BCUT2D eigenvalue weighted by molar-refractivity contribution is -0.138. The number of hydrogen-bond donors (Lipinski definition) is 2. The van der Waals surface area contributed by atoms with E-state index in [1.54, 1.807) is 20.8 Å². The SMILES string of the molecule is CC(C)(C)N(CC(=O)O)C(=O)Nc1cc(Cl)cc(Cl)c1. The first-order chi connectivity index (χ1) is 9.09. The topological polar surface area (TPSA) is 69.6 Å². The summed E-state index contributed by atoms with van der Waals surface area (Å²) in [5.41, 5.74) is -0.225. The molecule has 1 rings (SSSR count). The highest BCUT2D eigenvalue weighted by atomic mass is 35.5. The first kappa shape index (κ1) is 16.6. The highest BCUT2D eigenvalue weighted by Gasteiger charge is 2.28. The normalized spacial score (nSPS) is 11.1. The van der Waals surface area contributed by atoms with Crippen molar-refractivity contribution in [2.45, 2.75) is 26.3 Å². The predicted octanol–water partition coefficient (Wildman–Crippen LogP) is 3.71. The van der Waals surface area contributed by atoms with E-state index in [4.69, 9.17) is 28.3 Å². The third-order valence-electron chi connectivity index (χ3n) is 2.46. The summed E-state index contributed by atoms with van der Waals surface area (Å²) in [5.74, 6) is -1.08. The van der Waals surface area contributed by atoms with Crippen LogP contribution in [0.4, 0.5) is 10.5 Å². The van der Waals surface area contributed by atoms with Crippen LogP contribution in [0.25, 0.3) is 0 Å². The second-order valence-electron chi connectivity index (χ2n) is 5.24. The van der Waals surface area contributed by atoms with E-state index >= 15 is 0 Å². The maximum Gasteiger partial charge on any atom is 0.323 e. The molecule has 0 aliphatic rings. The number of carbonyl (C=O) groups is 2. The van der Waals surface area contributed by atoms with Gasteiger partial charge in [0.1, 0.15) is 6.54 Å². The van der Waals surface area contributed by atoms with Gasteiger partial charge in [0.15, 0.2) is 0 Å². The van der Waals surface area contributed by atoms with Crippen molar-refractivity contribution < 1.29 is 14.7 Å². The molecular formula is C13H16Cl2N2O3. The van der Waals surface area contributed by atoms with Crippen LogP contribution in [0.1, 0.15) is 20.8 Å². The van der Waals surface area contributed by atoms with E-state index in [0.717, 1.165) is 0 Å². The summed E-state index contributed by atoms with van der Waals surface area (Å²) < 4.78 is 0. The zero-order chi connectivity index (χ0) is 15.5. The molecule has 0 unspecified atom stereocenters. The van der Waals surface area contributed by atoms with Crippen LogP contribution in [0.5, 0.6) is 0 Å². The van der Waals surface area contributed by atoms with E-state index < -0.39 is 24.1 Å². The second kappa shape index (κ2) is 6.33. The van der Waals surface area contributed by atoms with Gasteiger partial charge in [0, 0.05) is 21.3 Å². The highest BCUT2D eigenvalue weighted by molar-refractivity contribution is 6.35. The first-order valence-corrected chi connectivity index (χ1v) is 6.61. The second-order valence-corrected chi connectivity index (χ2v) is 6.11. The number of hydrogen-bond acceptors (Lipinski definition) is 2. The Bertz CT molecular complexity index is 507. The van der Waals surface area contributed by atoms with Crippen LogP contribution in [0.2, 0.25) is 10.0 Å². The molecule has 0 fully saturated rings. The minimum atomic E-state index is -1.08. The molecule has 0 saturated carbocycles. The molecule has 0 spiro atoms. The Labute approximate surface area is 127 Å². The van der Waals surface area contributed by atoms with Gasteiger partial charge in [0.05, 0.1) is 0 Å². The predicted molar refractivity (Wildman–Crippen MR) is 79.6 cm³/mol. The van der Waals surface area contributed by atoms with Crippen molar-refractivity contribution in [3.63, 3.8) is 0 Å². The van der Waals surface area contributed by atoms with Gasteiger partial charge in [-0.05, 0) is 39.0 Å². The minimum Gasteiger partial charge on any atom is -0.480 e. The molecule has 0 bridgehead atoms. The number of aliphatic carboxylic acids is 1. The zero-order valence-corrected chi connectivity index (χ0v) is 12.9. The molecule has 20 heavy (non-hydrogen) atoms. The summed E-state index contributed by atoms with van der Waals surface area (Å²) in [6, 6.07) is 4.08. The lowest BCUT2D eigenvalue weighted by Gasteiger charge is -2.34. The average Bonchev–Trinajstić information content (AvgIpc) is 2.22. The lowest BCUT2D eigenvalue weighted by atomic mass is 10.1. The van der Waals surface area contributed by atoms with Gasteiger partial charge in [-0.25, -0.2) is 4.79 Å². The highest BCUT2D eigenvalue weighted by Crippen LogP contribution is 2.23. The van der Waals surface area contributed by atoms with Crippen LogP contribution in [-0.2, 0) is 4.79 Å². The van der Waals surface area contributed by atoms with Crippen molar-refractivity contribution in [3.05, 3.63) is 28.2 Å². The number of nitrogens with one attached hydrogen (secondary N) is 1. The van der Waals surface area contributed by atoms with Gasteiger partial charge in [-0.1, -0.05) is 23.2 Å². The molecule has 110 valence electrons. The summed E-state index contributed by atoms with van der Waals surface area (Å²) in [7, 11) is 0. The number of urea groups is 1. The van der Waals surface area contributed by atoms with Crippen molar-refractivity contribution in [3.8, 4) is 0 Å². The largest absolute Gasteiger partial charge is 0.480 e. The summed E-state index contributed by atoms with van der Waals surface area (Å²) in [6.07, 6.45) is 0. The average molecular weight is 319 g/mol. The fraction of sp³-hybridized carbons (Fsp3) is 0.385. The molecule has 0 aliphatic carbocycles. The lowest BCUT2D eigenvalue weighted by Crippen LogP contribution is -2.50. The fourth-order valence-corrected chi connectivity index (χ4v) is 2.09. The number of amides is 2. The molecule has 1 aromatic rings. The molecule has 0 aliphatic heterocycles. The van der Waals surface area contributed by atoms with Gasteiger partial charge in [-0.3, -0.25) is 4.79 Å². The van der Waals surface area contributed by atoms with Crippen molar-refractivity contribution >= 4 is 40.9 Å². The van der Waals surface area contributed by atoms with Gasteiger partial charge in [0.25, 0.3) is 0 Å². The van der Waals surface area contributed by atoms with Crippen LogP contribution in [-0.4, -0.2) is 34.1 Å². The Kier molecular flexibility index (Phi) is 5.25. The van der Waals surface area contributed by atoms with Crippen molar-refractivity contribution in [2.24, 2.45) is 0 Å². The van der Waals surface area contributed by atoms with E-state index in [0.29, 0.717) is 15.7 Å². The van der Waals surface area contributed by atoms with E-state index in [1.807, 2.05) is 0 Å². The van der Waals surface area contributed by atoms with Crippen molar-refractivity contribution in [1.82, 2.24) is 4.90 Å². The molecule has 0 saturated heterocycles. The number of anilines is 1. The molecule has 0 radical (unpaired) electrons. The molecule has 7 heteroatoms. The Hall–Kier alpha value is -1.46. The molecule has 0 aromatic heterocycles. The summed E-state index contributed by atoms with van der Waals surface area (Å²) >= 11 is 11.7. The summed E-state index contributed by atoms with van der Waals surface area (Å²) in [6.45, 7) is 4.85.